The van der Waals surface area contributed by atoms with Gasteiger partial charge in [0.2, 0.25) is 5.91 Å². The van der Waals surface area contributed by atoms with E-state index in [4.69, 9.17) is 5.73 Å². The predicted octanol–water partition coefficient (Wildman–Crippen LogP) is 3.34. The molecule has 3 nitrogen and oxygen atoms in total. The Kier molecular flexibility index (Phi) is 4.35. The normalized spacial score (nSPS) is 12.4. The number of hydrogen-bond acceptors (Lipinski definition) is 3. The van der Waals surface area contributed by atoms with Crippen LogP contribution in [0.15, 0.2) is 41.8 Å². The summed E-state index contributed by atoms with van der Waals surface area (Å²) in [4.78, 5) is 13.2. The standard InChI is InChI=1S/C15H18N2OS/c1-10(2)14(16)15(18)17-12-7-4-3-6-11(12)13-8-5-9-19-13/h3-10,14H,16H2,1-2H3,(H,17,18)/t14-/m1/s1. The summed E-state index contributed by atoms with van der Waals surface area (Å²) in [5.74, 6) is -0.0205. The molecule has 0 aliphatic rings. The summed E-state index contributed by atoms with van der Waals surface area (Å²) in [6, 6.07) is 11.3. The average Bonchev–Trinajstić information content (AvgIpc) is 2.92. The number of nitrogens with one attached hydrogen (secondary N) is 1. The first-order chi connectivity index (χ1) is 9.09. The number of benzene rings is 1. The molecule has 2 rings (SSSR count). The van der Waals surface area contributed by atoms with Crippen molar-refractivity contribution in [1.82, 2.24) is 0 Å². The van der Waals surface area contributed by atoms with Crippen molar-refractivity contribution < 1.29 is 4.79 Å². The highest BCUT2D eigenvalue weighted by atomic mass is 32.1. The van der Waals surface area contributed by atoms with E-state index in [0.29, 0.717) is 0 Å². The average molecular weight is 274 g/mol. The van der Waals surface area contributed by atoms with Gasteiger partial charge in [-0.1, -0.05) is 38.1 Å². The molecule has 1 aromatic carbocycles. The highest BCUT2D eigenvalue weighted by Gasteiger charge is 2.18. The lowest BCUT2D eigenvalue weighted by molar-refractivity contribution is -0.118. The van der Waals surface area contributed by atoms with Crippen LogP contribution in [0.3, 0.4) is 0 Å². The molecule has 19 heavy (non-hydrogen) atoms. The highest BCUT2D eigenvalue weighted by molar-refractivity contribution is 7.13. The van der Waals surface area contributed by atoms with Crippen molar-refractivity contribution in [3.8, 4) is 10.4 Å². The molecule has 0 aliphatic heterocycles. The second-order valence-electron chi connectivity index (χ2n) is 4.78. The fourth-order valence-corrected chi connectivity index (χ4v) is 2.52. The summed E-state index contributed by atoms with van der Waals surface area (Å²) in [7, 11) is 0. The van der Waals surface area contributed by atoms with Gasteiger partial charge in [-0.3, -0.25) is 4.79 Å². The maximum Gasteiger partial charge on any atom is 0.241 e. The van der Waals surface area contributed by atoms with Crippen LogP contribution in [0, 0.1) is 5.92 Å². The number of thiophene rings is 1. The van der Waals surface area contributed by atoms with E-state index in [9.17, 15) is 4.79 Å². The predicted molar refractivity (Wildman–Crippen MR) is 81.2 cm³/mol. The van der Waals surface area contributed by atoms with Crippen LogP contribution in [0.5, 0.6) is 0 Å². The second kappa shape index (κ2) is 5.99. The van der Waals surface area contributed by atoms with Gasteiger partial charge in [0.05, 0.1) is 6.04 Å². The molecule has 0 radical (unpaired) electrons. The number of hydrogen-bond donors (Lipinski definition) is 2. The third kappa shape index (κ3) is 3.22. The Balaban J connectivity index is 2.24. The lowest BCUT2D eigenvalue weighted by Crippen LogP contribution is -2.39. The zero-order valence-corrected chi connectivity index (χ0v) is 11.9. The molecule has 0 aliphatic carbocycles. The molecule has 0 saturated carbocycles. The molecule has 0 saturated heterocycles. The molecule has 1 heterocycles. The molecule has 0 spiro atoms. The summed E-state index contributed by atoms with van der Waals surface area (Å²) in [5.41, 5.74) is 7.71. The Morgan fingerprint density at radius 3 is 2.58 bits per heavy atom. The lowest BCUT2D eigenvalue weighted by Gasteiger charge is -2.16. The number of carbonyl (C=O) groups is 1. The molecule has 1 aromatic heterocycles. The first kappa shape index (κ1) is 13.8. The van der Waals surface area contributed by atoms with Crippen LogP contribution in [0.25, 0.3) is 10.4 Å². The van der Waals surface area contributed by atoms with Gasteiger partial charge in [-0.05, 0) is 23.4 Å². The number of rotatable bonds is 4. The Morgan fingerprint density at radius 2 is 1.95 bits per heavy atom. The van der Waals surface area contributed by atoms with Gasteiger partial charge in [0, 0.05) is 16.1 Å². The first-order valence-electron chi connectivity index (χ1n) is 6.29. The number of carbonyl (C=O) groups excluding carboxylic acids is 1. The van der Waals surface area contributed by atoms with Crippen LogP contribution < -0.4 is 11.1 Å². The molecule has 3 N–H and O–H groups in total. The van der Waals surface area contributed by atoms with Gasteiger partial charge < -0.3 is 11.1 Å². The maximum atomic E-state index is 12.0. The van der Waals surface area contributed by atoms with Crippen LogP contribution >= 0.6 is 11.3 Å². The fourth-order valence-electron chi connectivity index (χ4n) is 1.76. The van der Waals surface area contributed by atoms with Gasteiger partial charge in [0.25, 0.3) is 0 Å². The first-order valence-corrected chi connectivity index (χ1v) is 7.17. The minimum Gasteiger partial charge on any atom is -0.324 e. The summed E-state index contributed by atoms with van der Waals surface area (Å²) >= 11 is 1.65. The van der Waals surface area contributed by atoms with Crippen LogP contribution in [-0.4, -0.2) is 11.9 Å². The SMILES string of the molecule is CC(C)[C@@H](N)C(=O)Nc1ccccc1-c1cccs1. The molecule has 100 valence electrons. The topological polar surface area (TPSA) is 55.1 Å². The minimum atomic E-state index is -0.489. The van der Waals surface area contributed by atoms with Crippen molar-refractivity contribution in [3.63, 3.8) is 0 Å². The van der Waals surface area contributed by atoms with Crippen LogP contribution in [0.1, 0.15) is 13.8 Å². The number of amides is 1. The van der Waals surface area contributed by atoms with E-state index >= 15 is 0 Å². The van der Waals surface area contributed by atoms with Gasteiger partial charge in [-0.2, -0.15) is 0 Å². The van der Waals surface area contributed by atoms with E-state index in [0.717, 1.165) is 16.1 Å². The van der Waals surface area contributed by atoms with E-state index in [1.165, 1.54) is 0 Å². The summed E-state index contributed by atoms with van der Waals surface area (Å²) in [6.07, 6.45) is 0. The van der Waals surface area contributed by atoms with Crippen LogP contribution in [-0.2, 0) is 4.79 Å². The van der Waals surface area contributed by atoms with E-state index in [2.05, 4.69) is 5.32 Å². The van der Waals surface area contributed by atoms with Gasteiger partial charge in [-0.15, -0.1) is 11.3 Å². The maximum absolute atomic E-state index is 12.0. The van der Waals surface area contributed by atoms with Crippen molar-refractivity contribution in [2.75, 3.05) is 5.32 Å². The van der Waals surface area contributed by atoms with Crippen molar-refractivity contribution >= 4 is 22.9 Å². The molecule has 4 heteroatoms. The lowest BCUT2D eigenvalue weighted by atomic mass is 10.0. The van der Waals surface area contributed by atoms with Gasteiger partial charge in [0.15, 0.2) is 0 Å². The molecule has 1 amide bonds. The van der Waals surface area contributed by atoms with Crippen molar-refractivity contribution in [2.24, 2.45) is 11.7 Å². The second-order valence-corrected chi connectivity index (χ2v) is 5.73. The highest BCUT2D eigenvalue weighted by Crippen LogP contribution is 2.31. The summed E-state index contributed by atoms with van der Waals surface area (Å²) < 4.78 is 0. The van der Waals surface area contributed by atoms with Gasteiger partial charge in [0.1, 0.15) is 0 Å². The molecule has 2 aromatic rings. The third-order valence-electron chi connectivity index (χ3n) is 2.99. The van der Waals surface area contributed by atoms with E-state index in [-0.39, 0.29) is 11.8 Å². The van der Waals surface area contributed by atoms with Crippen LogP contribution in [0.2, 0.25) is 0 Å². The summed E-state index contributed by atoms with van der Waals surface area (Å²) in [5, 5.41) is 4.94. The molecule has 0 bridgehead atoms. The number of nitrogens with two attached hydrogens (primary N) is 1. The molecular weight excluding hydrogens is 256 g/mol. The zero-order valence-electron chi connectivity index (χ0n) is 11.1. The Bertz CT molecular complexity index is 549. The van der Waals surface area contributed by atoms with Crippen molar-refractivity contribution in [1.29, 1.82) is 0 Å². The quantitative estimate of drug-likeness (QED) is 0.898. The van der Waals surface area contributed by atoms with Crippen molar-refractivity contribution in [2.45, 2.75) is 19.9 Å². The largest absolute Gasteiger partial charge is 0.324 e. The smallest absolute Gasteiger partial charge is 0.241 e. The molecule has 0 unspecified atom stereocenters. The Labute approximate surface area is 117 Å². The molecule has 0 fully saturated rings. The number of para-hydroxylation sites is 1. The number of anilines is 1. The van der Waals surface area contributed by atoms with Gasteiger partial charge in [-0.25, -0.2) is 0 Å². The summed E-state index contributed by atoms with van der Waals surface area (Å²) in [6.45, 7) is 3.88. The monoisotopic (exact) mass is 274 g/mol. The van der Waals surface area contributed by atoms with E-state index in [1.807, 2.05) is 55.6 Å². The van der Waals surface area contributed by atoms with Gasteiger partial charge >= 0.3 is 0 Å². The van der Waals surface area contributed by atoms with E-state index in [1.54, 1.807) is 11.3 Å². The Morgan fingerprint density at radius 1 is 1.21 bits per heavy atom. The van der Waals surface area contributed by atoms with E-state index < -0.39 is 6.04 Å². The van der Waals surface area contributed by atoms with Crippen molar-refractivity contribution in [3.05, 3.63) is 41.8 Å². The zero-order chi connectivity index (χ0) is 13.8. The fraction of sp³-hybridized carbons (Fsp3) is 0.267. The molecule has 1 atom stereocenters. The van der Waals surface area contributed by atoms with Crippen LogP contribution in [0.4, 0.5) is 5.69 Å². The minimum absolute atomic E-state index is 0.119. The Hall–Kier alpha value is -1.65. The molecular formula is C15H18N2OS. The third-order valence-corrected chi connectivity index (χ3v) is 3.90.